The van der Waals surface area contributed by atoms with Crippen LogP contribution in [0.3, 0.4) is 0 Å². The van der Waals surface area contributed by atoms with Gasteiger partial charge in [0.1, 0.15) is 0 Å². The first-order valence-electron chi connectivity index (χ1n) is 16.2. The summed E-state index contributed by atoms with van der Waals surface area (Å²) in [5.41, 5.74) is 4.27. The van der Waals surface area contributed by atoms with Crippen molar-refractivity contribution in [2.75, 3.05) is 0 Å². The van der Waals surface area contributed by atoms with E-state index in [9.17, 15) is 19.9 Å². The molecule has 1 unspecified atom stereocenters. The highest BCUT2D eigenvalue weighted by atomic mass is 16.4. The van der Waals surface area contributed by atoms with Gasteiger partial charge in [0.25, 0.3) is 0 Å². The van der Waals surface area contributed by atoms with E-state index in [2.05, 4.69) is 66.3 Å². The minimum absolute atomic E-state index is 0.00690. The summed E-state index contributed by atoms with van der Waals surface area (Å²) in [5.74, 6) is 1.62. The Morgan fingerprint density at radius 2 is 1.56 bits per heavy atom. The fourth-order valence-electron chi connectivity index (χ4n) is 12.4. The summed E-state index contributed by atoms with van der Waals surface area (Å²) in [6.45, 7) is 19.1. The lowest BCUT2D eigenvalue weighted by atomic mass is 9.32. The lowest BCUT2D eigenvalue weighted by Crippen LogP contribution is -2.65. The second kappa shape index (κ2) is 9.33. The number of benzene rings is 1. The van der Waals surface area contributed by atoms with E-state index in [1.165, 1.54) is 36.0 Å². The van der Waals surface area contributed by atoms with Gasteiger partial charge >= 0.3 is 13.1 Å². The highest BCUT2D eigenvalue weighted by Crippen LogP contribution is 2.77. The van der Waals surface area contributed by atoms with Crippen LogP contribution in [0.2, 0.25) is 0 Å². The molecule has 0 amide bonds. The van der Waals surface area contributed by atoms with Crippen molar-refractivity contribution in [1.29, 1.82) is 0 Å². The van der Waals surface area contributed by atoms with Crippen LogP contribution in [0.4, 0.5) is 0 Å². The van der Waals surface area contributed by atoms with Crippen molar-refractivity contribution in [2.24, 2.45) is 56.7 Å². The Morgan fingerprint density at radius 3 is 2.17 bits per heavy atom. The van der Waals surface area contributed by atoms with Gasteiger partial charge in [0.05, 0.1) is 5.41 Å². The minimum Gasteiger partial charge on any atom is -0.481 e. The molecule has 4 nitrogen and oxygen atoms in total. The van der Waals surface area contributed by atoms with Crippen LogP contribution in [-0.2, 0) is 4.79 Å². The molecule has 0 aromatic heterocycles. The number of aliphatic carboxylic acids is 1. The summed E-state index contributed by atoms with van der Waals surface area (Å²) in [5, 5.41) is 29.8. The normalized spacial score (nSPS) is 44.5. The Kier molecular flexibility index (Phi) is 6.65. The summed E-state index contributed by atoms with van der Waals surface area (Å²) in [6.07, 6.45) is 12.0. The quantitative estimate of drug-likeness (QED) is 0.272. The number of hydrogen-bond donors (Lipinski definition) is 3. The van der Waals surface area contributed by atoms with Gasteiger partial charge in [0.15, 0.2) is 0 Å². The fraction of sp³-hybridized carbons (Fsp3) is 0.694. The van der Waals surface area contributed by atoms with E-state index in [0.29, 0.717) is 29.1 Å². The van der Waals surface area contributed by atoms with Gasteiger partial charge in [-0.2, -0.15) is 0 Å². The highest BCUT2D eigenvalue weighted by Gasteiger charge is 2.71. The third-order valence-electron chi connectivity index (χ3n) is 14.6. The first-order valence-corrected chi connectivity index (χ1v) is 16.2. The molecule has 3 N–H and O–H groups in total. The molecule has 222 valence electrons. The van der Waals surface area contributed by atoms with Crippen LogP contribution < -0.4 is 5.46 Å². The van der Waals surface area contributed by atoms with Crippen LogP contribution in [0.15, 0.2) is 42.5 Å². The molecule has 0 radical (unpaired) electrons. The van der Waals surface area contributed by atoms with Crippen molar-refractivity contribution < 1.29 is 19.9 Å². The third-order valence-corrected chi connectivity index (χ3v) is 14.6. The zero-order valence-corrected chi connectivity index (χ0v) is 26.2. The number of allylic oxidation sites excluding steroid dienone is 3. The zero-order valence-electron chi connectivity index (χ0n) is 26.2. The molecule has 0 heterocycles. The van der Waals surface area contributed by atoms with E-state index in [0.717, 1.165) is 38.5 Å². The first-order chi connectivity index (χ1) is 19.1. The van der Waals surface area contributed by atoms with Crippen LogP contribution in [0.1, 0.15) is 105 Å². The SMILES string of the molecule is C=C(C)[C@@H]1CC[C@]2(C(=O)O)CC[C@]3(C)[C@H](CC[C@@H]4C5(C)CC=C(c6ccc(B(O)O)cc6)C(C)(C)[C@@H]5CC[C@]43C)[C@@H]12. The molecular formula is C36H51BO4. The number of carboxylic acid groups (broad SMARTS) is 1. The maximum Gasteiger partial charge on any atom is 0.488 e. The Hall–Kier alpha value is -1.85. The van der Waals surface area contributed by atoms with Crippen molar-refractivity contribution >= 4 is 24.1 Å². The second-order valence-electron chi connectivity index (χ2n) is 16.2. The first kappa shape index (κ1) is 29.2. The molecule has 0 saturated heterocycles. The van der Waals surface area contributed by atoms with E-state index in [4.69, 9.17) is 0 Å². The van der Waals surface area contributed by atoms with Gasteiger partial charge in [-0.05, 0) is 133 Å². The maximum absolute atomic E-state index is 12.9. The molecule has 4 fully saturated rings. The molecule has 4 saturated carbocycles. The monoisotopic (exact) mass is 558 g/mol. The Bertz CT molecular complexity index is 1280. The van der Waals surface area contributed by atoms with Gasteiger partial charge in [0, 0.05) is 0 Å². The molecule has 5 aliphatic carbocycles. The summed E-state index contributed by atoms with van der Waals surface area (Å²) in [6, 6.07) is 7.79. The molecule has 1 aromatic carbocycles. The molecular weight excluding hydrogens is 507 g/mol. The Labute approximate surface area is 247 Å². The summed E-state index contributed by atoms with van der Waals surface area (Å²) < 4.78 is 0. The second-order valence-corrected chi connectivity index (χ2v) is 16.2. The summed E-state index contributed by atoms with van der Waals surface area (Å²) >= 11 is 0. The van der Waals surface area contributed by atoms with Gasteiger partial charge in [-0.15, -0.1) is 0 Å². The molecule has 5 heteroatoms. The average molecular weight is 559 g/mol. The van der Waals surface area contributed by atoms with E-state index in [1.54, 1.807) is 0 Å². The lowest BCUT2D eigenvalue weighted by molar-refractivity contribution is -0.227. The number of hydrogen-bond acceptors (Lipinski definition) is 3. The van der Waals surface area contributed by atoms with Crippen molar-refractivity contribution in [1.82, 2.24) is 0 Å². The van der Waals surface area contributed by atoms with Crippen LogP contribution in [-0.4, -0.2) is 28.2 Å². The molecule has 41 heavy (non-hydrogen) atoms. The Morgan fingerprint density at radius 1 is 0.878 bits per heavy atom. The van der Waals surface area contributed by atoms with Crippen LogP contribution in [0.25, 0.3) is 5.57 Å². The fourth-order valence-corrected chi connectivity index (χ4v) is 12.4. The van der Waals surface area contributed by atoms with Gasteiger partial charge in [0.2, 0.25) is 0 Å². The summed E-state index contributed by atoms with van der Waals surface area (Å²) in [7, 11) is -1.44. The predicted molar refractivity (Wildman–Crippen MR) is 166 cm³/mol. The molecule has 0 bridgehead atoms. The van der Waals surface area contributed by atoms with Crippen molar-refractivity contribution in [2.45, 2.75) is 99.3 Å². The molecule has 5 aliphatic rings. The Balaban J connectivity index is 1.37. The topological polar surface area (TPSA) is 77.8 Å². The predicted octanol–water partition coefficient (Wildman–Crippen LogP) is 7.10. The number of rotatable bonds is 4. The number of carbonyl (C=O) groups is 1. The van der Waals surface area contributed by atoms with E-state index < -0.39 is 18.5 Å². The highest BCUT2D eigenvalue weighted by molar-refractivity contribution is 6.58. The van der Waals surface area contributed by atoms with Gasteiger partial charge < -0.3 is 15.2 Å². The molecule has 1 aromatic rings. The van der Waals surface area contributed by atoms with Crippen LogP contribution in [0, 0.1) is 56.7 Å². The van der Waals surface area contributed by atoms with Gasteiger partial charge in [-0.3, -0.25) is 4.79 Å². The maximum atomic E-state index is 12.9. The van der Waals surface area contributed by atoms with Crippen molar-refractivity contribution in [3.8, 4) is 0 Å². The minimum atomic E-state index is -1.44. The van der Waals surface area contributed by atoms with Crippen molar-refractivity contribution in [3.05, 3.63) is 48.1 Å². The molecule has 0 aliphatic heterocycles. The largest absolute Gasteiger partial charge is 0.488 e. The number of fused-ring (bicyclic) bond motifs is 7. The zero-order chi connectivity index (χ0) is 29.8. The van der Waals surface area contributed by atoms with Crippen molar-refractivity contribution in [3.63, 3.8) is 0 Å². The van der Waals surface area contributed by atoms with E-state index >= 15 is 0 Å². The van der Waals surface area contributed by atoms with Crippen LogP contribution >= 0.6 is 0 Å². The molecule has 9 atom stereocenters. The van der Waals surface area contributed by atoms with Crippen LogP contribution in [0.5, 0.6) is 0 Å². The third kappa shape index (κ3) is 3.76. The lowest BCUT2D eigenvalue weighted by Gasteiger charge is -2.72. The molecule has 0 spiro atoms. The summed E-state index contributed by atoms with van der Waals surface area (Å²) in [4.78, 5) is 12.9. The van der Waals surface area contributed by atoms with Gasteiger partial charge in [-0.1, -0.05) is 77.1 Å². The average Bonchev–Trinajstić information content (AvgIpc) is 3.30. The van der Waals surface area contributed by atoms with E-state index in [-0.39, 0.29) is 27.6 Å². The number of carboxylic acids is 1. The smallest absolute Gasteiger partial charge is 0.481 e. The van der Waals surface area contributed by atoms with E-state index in [1.807, 2.05) is 12.1 Å². The standard InChI is InChI=1S/C36H51BO4/c1-22(2)25-14-19-36(31(38)39)21-20-34(6)27(30(25)36)12-13-29-33(5)17-15-26(23-8-10-24(11-9-23)37(40)41)32(3,4)28(33)16-18-35(29,34)7/h8-11,15,25,27-30,40-41H,1,12-14,16-21H2,2-7H3,(H,38,39)/t25-,27+,28-,29+,30+,33?,34+,35+,36-/m0/s1. The van der Waals surface area contributed by atoms with Gasteiger partial charge in [-0.25, -0.2) is 0 Å². The molecule has 6 rings (SSSR count).